The molecule has 0 saturated heterocycles. The van der Waals surface area contributed by atoms with Crippen molar-refractivity contribution >= 4 is 29.0 Å². The third-order valence-corrected chi connectivity index (χ3v) is 6.55. The van der Waals surface area contributed by atoms with Gasteiger partial charge < -0.3 is 25.5 Å². The number of rotatable bonds is 8. The van der Waals surface area contributed by atoms with Gasteiger partial charge in [-0.25, -0.2) is 15.0 Å². The molecule has 2 atom stereocenters. The third-order valence-electron chi connectivity index (χ3n) is 6.55. The first-order valence-corrected chi connectivity index (χ1v) is 11.7. The van der Waals surface area contributed by atoms with Crippen LogP contribution in [0.1, 0.15) is 47.9 Å². The second-order valence-electron chi connectivity index (χ2n) is 9.18. The Bertz CT molecular complexity index is 1410. The number of pyridine rings is 2. The van der Waals surface area contributed by atoms with Gasteiger partial charge >= 0.3 is 0 Å². The number of hydrogen-bond donors (Lipinski definition) is 3. The van der Waals surface area contributed by atoms with E-state index in [0.29, 0.717) is 35.8 Å². The lowest BCUT2D eigenvalue weighted by atomic mass is 10.1. The fourth-order valence-electron chi connectivity index (χ4n) is 4.45. The monoisotopic (exact) mass is 470 g/mol. The highest BCUT2D eigenvalue weighted by atomic mass is 16.5. The van der Waals surface area contributed by atoms with Crippen molar-refractivity contribution in [2.75, 3.05) is 23.5 Å². The molecule has 178 valence electrons. The van der Waals surface area contributed by atoms with Crippen LogP contribution in [0.15, 0.2) is 49.1 Å². The zero-order chi connectivity index (χ0) is 23.9. The molecule has 4 heterocycles. The smallest absolute Gasteiger partial charge is 0.229 e. The second kappa shape index (κ2) is 8.53. The highest BCUT2D eigenvalue weighted by Gasteiger charge is 2.44. The molecule has 10 nitrogen and oxygen atoms in total. The minimum absolute atomic E-state index is 0.0826. The Morgan fingerprint density at radius 1 is 1.11 bits per heavy atom. The predicted molar refractivity (Wildman–Crippen MR) is 131 cm³/mol. The largest absolute Gasteiger partial charge is 0.481 e. The number of fused-ring (bicyclic) bond motifs is 1. The molecule has 35 heavy (non-hydrogen) atoms. The number of ether oxygens (including phenoxy) is 1. The molecule has 0 aliphatic heterocycles. The minimum atomic E-state index is -0.147. The van der Waals surface area contributed by atoms with Crippen molar-refractivity contribution < 1.29 is 9.53 Å². The van der Waals surface area contributed by atoms with E-state index < -0.39 is 0 Å². The van der Waals surface area contributed by atoms with E-state index in [9.17, 15) is 4.79 Å². The van der Waals surface area contributed by atoms with Crippen LogP contribution in [0.5, 0.6) is 5.88 Å². The van der Waals surface area contributed by atoms with E-state index in [4.69, 9.17) is 10.5 Å². The molecule has 0 unspecified atom stereocenters. The zero-order valence-corrected chi connectivity index (χ0v) is 19.3. The quantitative estimate of drug-likeness (QED) is 0.357. The van der Waals surface area contributed by atoms with Crippen molar-refractivity contribution in [3.05, 3.63) is 65.9 Å². The van der Waals surface area contributed by atoms with Gasteiger partial charge in [-0.05, 0) is 54.4 Å². The first kappa shape index (κ1) is 21.3. The Kier molecular flexibility index (Phi) is 5.20. The minimum Gasteiger partial charge on any atom is -0.481 e. The summed E-state index contributed by atoms with van der Waals surface area (Å²) >= 11 is 0. The molecule has 0 aromatic carbocycles. The Morgan fingerprint density at radius 2 is 1.97 bits per heavy atom. The summed E-state index contributed by atoms with van der Waals surface area (Å²) in [7, 11) is 1.54. The summed E-state index contributed by atoms with van der Waals surface area (Å²) < 4.78 is 7.26. The van der Waals surface area contributed by atoms with Crippen molar-refractivity contribution in [3.63, 3.8) is 0 Å². The Morgan fingerprint density at radius 3 is 2.80 bits per heavy atom. The lowest BCUT2D eigenvalue weighted by Gasteiger charge is -2.08. The average molecular weight is 471 g/mol. The third kappa shape index (κ3) is 4.59. The first-order valence-electron chi connectivity index (χ1n) is 11.7. The number of anilines is 3. The number of hydrogen-bond acceptors (Lipinski definition) is 8. The summed E-state index contributed by atoms with van der Waals surface area (Å²) in [5, 5.41) is 6.17. The van der Waals surface area contributed by atoms with Crippen LogP contribution < -0.4 is 21.1 Å². The van der Waals surface area contributed by atoms with Gasteiger partial charge in [0, 0.05) is 30.4 Å². The molecule has 10 heteroatoms. The van der Waals surface area contributed by atoms with Gasteiger partial charge in [0.25, 0.3) is 0 Å². The van der Waals surface area contributed by atoms with Crippen molar-refractivity contribution in [1.29, 1.82) is 0 Å². The molecule has 0 spiro atoms. The van der Waals surface area contributed by atoms with Crippen LogP contribution >= 0.6 is 0 Å². The van der Waals surface area contributed by atoms with E-state index in [1.807, 2.05) is 12.3 Å². The number of nitrogens with one attached hydrogen (secondary N) is 2. The topological polar surface area (TPSA) is 132 Å². The van der Waals surface area contributed by atoms with E-state index in [1.165, 1.54) is 24.7 Å². The highest BCUT2D eigenvalue weighted by molar-refractivity contribution is 5.94. The van der Waals surface area contributed by atoms with E-state index in [2.05, 4.69) is 53.3 Å². The van der Waals surface area contributed by atoms with Crippen molar-refractivity contribution in [2.24, 2.45) is 5.92 Å². The lowest BCUT2D eigenvalue weighted by Crippen LogP contribution is -2.16. The van der Waals surface area contributed by atoms with Gasteiger partial charge in [0.15, 0.2) is 0 Å². The molecule has 4 aromatic rings. The van der Waals surface area contributed by atoms with Crippen LogP contribution in [0.2, 0.25) is 0 Å². The summed E-state index contributed by atoms with van der Waals surface area (Å²) in [6.07, 6.45) is 8.92. The lowest BCUT2D eigenvalue weighted by molar-refractivity contribution is -0.117. The second-order valence-corrected chi connectivity index (χ2v) is 9.18. The number of carbonyl (C=O) groups excluding carboxylic acids is 1. The van der Waals surface area contributed by atoms with Gasteiger partial charge in [-0.3, -0.25) is 4.79 Å². The van der Waals surface area contributed by atoms with Crippen LogP contribution in [-0.2, 0) is 11.3 Å². The summed E-state index contributed by atoms with van der Waals surface area (Å²) in [5.41, 5.74) is 10.0. The van der Waals surface area contributed by atoms with Gasteiger partial charge in [-0.15, -0.1) is 0 Å². The first-order chi connectivity index (χ1) is 17.1. The van der Waals surface area contributed by atoms with E-state index in [-0.39, 0.29) is 17.7 Å². The molecular weight excluding hydrogens is 444 g/mol. The zero-order valence-electron chi connectivity index (χ0n) is 19.3. The predicted octanol–water partition coefficient (Wildman–Crippen LogP) is 3.34. The van der Waals surface area contributed by atoms with Gasteiger partial charge in [-0.1, -0.05) is 6.07 Å². The number of nitrogens with two attached hydrogens (primary N) is 1. The number of carbonyl (C=O) groups is 1. The van der Waals surface area contributed by atoms with Gasteiger partial charge in [-0.2, -0.15) is 4.98 Å². The summed E-state index contributed by atoms with van der Waals surface area (Å²) in [6, 6.07) is 9.58. The maximum absolute atomic E-state index is 12.8. The number of nitrogens with zero attached hydrogens (tertiary/aromatic N) is 5. The SMILES string of the molecule is COc1cc([C@H]2C[C@@H]2C(=O)Nc2cc(NCc3cn4cc(C5CC5)ccc4n3)ncn2)cc(N)n1. The fraction of sp³-hybridized carbons (Fsp3) is 0.320. The van der Waals surface area contributed by atoms with E-state index >= 15 is 0 Å². The molecule has 2 aliphatic rings. The molecule has 2 fully saturated rings. The summed E-state index contributed by atoms with van der Waals surface area (Å²) in [4.78, 5) is 30.0. The normalized spacial score (nSPS) is 18.9. The van der Waals surface area contributed by atoms with Crippen LogP contribution in [0.4, 0.5) is 17.5 Å². The maximum Gasteiger partial charge on any atom is 0.229 e. The number of aromatic nitrogens is 5. The van der Waals surface area contributed by atoms with Crippen molar-refractivity contribution in [2.45, 2.75) is 37.6 Å². The molecular formula is C25H26N8O2. The molecule has 6 rings (SSSR count). The fourth-order valence-corrected chi connectivity index (χ4v) is 4.45. The highest BCUT2D eigenvalue weighted by Crippen LogP contribution is 2.48. The number of imidazole rings is 1. The van der Waals surface area contributed by atoms with E-state index in [1.54, 1.807) is 19.2 Å². The summed E-state index contributed by atoms with van der Waals surface area (Å²) in [6.45, 7) is 0.515. The molecule has 4 aromatic heterocycles. The molecule has 0 bridgehead atoms. The molecule has 0 radical (unpaired) electrons. The maximum atomic E-state index is 12.8. The number of nitrogen functional groups attached to an aromatic ring is 1. The van der Waals surface area contributed by atoms with Crippen LogP contribution in [0.3, 0.4) is 0 Å². The van der Waals surface area contributed by atoms with Crippen molar-refractivity contribution in [3.8, 4) is 5.88 Å². The molecule has 4 N–H and O–H groups in total. The Hall–Kier alpha value is -4.21. The van der Waals surface area contributed by atoms with Crippen LogP contribution in [-0.4, -0.2) is 37.4 Å². The van der Waals surface area contributed by atoms with Crippen LogP contribution in [0.25, 0.3) is 5.65 Å². The average Bonchev–Trinajstić information content (AvgIpc) is 3.78. The standard InChI is InChI=1S/C25H26N8O2/c1-35-24-7-16(6-20(26)31-24)18-8-19(18)25(34)32-22-9-21(28-13-29-22)27-10-17-12-33-11-15(14-2-3-14)4-5-23(33)30-17/h4-7,9,11-14,18-19H,2-3,8,10H2,1H3,(H2,26,31)(H2,27,28,29,32,34)/t18-,19+/m1/s1. The number of methoxy groups -OCH3 is 1. The molecule has 2 aliphatic carbocycles. The molecule has 2 saturated carbocycles. The van der Waals surface area contributed by atoms with Crippen LogP contribution in [0, 0.1) is 5.92 Å². The van der Waals surface area contributed by atoms with Gasteiger partial charge in [0.05, 0.1) is 19.3 Å². The Balaban J connectivity index is 1.07. The van der Waals surface area contributed by atoms with Gasteiger partial charge in [0.1, 0.15) is 29.4 Å². The number of amides is 1. The summed E-state index contributed by atoms with van der Waals surface area (Å²) in [5.74, 6) is 2.46. The van der Waals surface area contributed by atoms with Crippen molar-refractivity contribution in [1.82, 2.24) is 24.3 Å². The molecule has 1 amide bonds. The van der Waals surface area contributed by atoms with Gasteiger partial charge in [0.2, 0.25) is 11.8 Å². The Labute approximate surface area is 202 Å². The van der Waals surface area contributed by atoms with E-state index in [0.717, 1.165) is 23.3 Å².